The van der Waals surface area contributed by atoms with Crippen LogP contribution in [-0.2, 0) is 4.79 Å². The summed E-state index contributed by atoms with van der Waals surface area (Å²) in [7, 11) is 0. The molecule has 1 fully saturated rings. The van der Waals surface area contributed by atoms with E-state index >= 15 is 0 Å². The molecule has 0 aromatic rings. The summed E-state index contributed by atoms with van der Waals surface area (Å²) in [5.41, 5.74) is 5.66. The fourth-order valence-corrected chi connectivity index (χ4v) is 2.50. The predicted molar refractivity (Wildman–Crippen MR) is 70.8 cm³/mol. The standard InChI is InChI=1S/C13H27N3O/c1-4-15(5-2)13(17)11(3)16(10-9-14)12-7-6-8-12/h11-12H,4-10,14H2,1-3H3. The van der Waals surface area contributed by atoms with E-state index in [1.54, 1.807) is 0 Å². The monoisotopic (exact) mass is 241 g/mol. The van der Waals surface area contributed by atoms with Crippen LogP contribution in [0, 0.1) is 0 Å². The molecule has 4 nitrogen and oxygen atoms in total. The molecular weight excluding hydrogens is 214 g/mol. The first-order valence-corrected chi connectivity index (χ1v) is 6.90. The molecule has 100 valence electrons. The summed E-state index contributed by atoms with van der Waals surface area (Å²) < 4.78 is 0. The maximum absolute atomic E-state index is 12.3. The highest BCUT2D eigenvalue weighted by atomic mass is 16.2. The van der Waals surface area contributed by atoms with Crippen LogP contribution in [0.5, 0.6) is 0 Å². The van der Waals surface area contributed by atoms with E-state index in [2.05, 4.69) is 4.90 Å². The Morgan fingerprint density at radius 2 is 1.94 bits per heavy atom. The number of hydrogen-bond donors (Lipinski definition) is 1. The summed E-state index contributed by atoms with van der Waals surface area (Å²) in [6, 6.07) is 0.553. The smallest absolute Gasteiger partial charge is 0.239 e. The van der Waals surface area contributed by atoms with Crippen molar-refractivity contribution in [3.8, 4) is 0 Å². The lowest BCUT2D eigenvalue weighted by Gasteiger charge is -2.41. The molecule has 17 heavy (non-hydrogen) atoms. The summed E-state index contributed by atoms with van der Waals surface area (Å²) in [5, 5.41) is 0. The average Bonchev–Trinajstić information content (AvgIpc) is 2.26. The summed E-state index contributed by atoms with van der Waals surface area (Å²) in [6.07, 6.45) is 3.73. The number of nitrogens with two attached hydrogens (primary N) is 1. The minimum atomic E-state index is -0.0243. The molecule has 0 bridgehead atoms. The largest absolute Gasteiger partial charge is 0.342 e. The van der Waals surface area contributed by atoms with Crippen LogP contribution in [0.15, 0.2) is 0 Å². The van der Waals surface area contributed by atoms with Crippen LogP contribution < -0.4 is 5.73 Å². The van der Waals surface area contributed by atoms with Crippen LogP contribution in [0.4, 0.5) is 0 Å². The van der Waals surface area contributed by atoms with Crippen molar-refractivity contribution in [1.82, 2.24) is 9.80 Å². The fraction of sp³-hybridized carbons (Fsp3) is 0.923. The molecule has 1 atom stereocenters. The van der Waals surface area contributed by atoms with E-state index in [0.29, 0.717) is 12.6 Å². The zero-order valence-corrected chi connectivity index (χ0v) is 11.5. The summed E-state index contributed by atoms with van der Waals surface area (Å²) in [6.45, 7) is 9.14. The highest BCUT2D eigenvalue weighted by Gasteiger charge is 2.32. The van der Waals surface area contributed by atoms with Gasteiger partial charge < -0.3 is 10.6 Å². The van der Waals surface area contributed by atoms with Crippen molar-refractivity contribution in [2.75, 3.05) is 26.2 Å². The summed E-state index contributed by atoms with van der Waals surface area (Å²) >= 11 is 0. The van der Waals surface area contributed by atoms with Gasteiger partial charge in [0.15, 0.2) is 0 Å². The van der Waals surface area contributed by atoms with E-state index in [-0.39, 0.29) is 11.9 Å². The van der Waals surface area contributed by atoms with Crippen LogP contribution in [-0.4, -0.2) is 54.0 Å². The number of carbonyl (C=O) groups is 1. The second kappa shape index (κ2) is 6.97. The van der Waals surface area contributed by atoms with E-state index in [0.717, 1.165) is 19.6 Å². The molecule has 0 radical (unpaired) electrons. The molecule has 0 aromatic heterocycles. The number of likely N-dealkylation sites (N-methyl/N-ethyl adjacent to an activating group) is 1. The minimum Gasteiger partial charge on any atom is -0.342 e. The number of carbonyl (C=O) groups excluding carboxylic acids is 1. The molecular formula is C13H27N3O. The molecule has 2 N–H and O–H groups in total. The van der Waals surface area contributed by atoms with Gasteiger partial charge in [-0.25, -0.2) is 0 Å². The highest BCUT2D eigenvalue weighted by Crippen LogP contribution is 2.26. The third-order valence-electron chi connectivity index (χ3n) is 3.86. The zero-order valence-electron chi connectivity index (χ0n) is 11.5. The Hall–Kier alpha value is -0.610. The van der Waals surface area contributed by atoms with Crippen molar-refractivity contribution in [3.63, 3.8) is 0 Å². The van der Waals surface area contributed by atoms with Crippen LogP contribution in [0.3, 0.4) is 0 Å². The maximum Gasteiger partial charge on any atom is 0.239 e. The van der Waals surface area contributed by atoms with E-state index in [4.69, 9.17) is 5.73 Å². The van der Waals surface area contributed by atoms with Gasteiger partial charge >= 0.3 is 0 Å². The molecule has 0 heterocycles. The Labute approximate surface area is 105 Å². The Balaban J connectivity index is 2.62. The van der Waals surface area contributed by atoms with Gasteiger partial charge in [-0.05, 0) is 33.6 Å². The van der Waals surface area contributed by atoms with Crippen molar-refractivity contribution in [2.45, 2.75) is 52.1 Å². The number of nitrogens with zero attached hydrogens (tertiary/aromatic N) is 2. The molecule has 1 aliphatic carbocycles. The van der Waals surface area contributed by atoms with Gasteiger partial charge in [0, 0.05) is 32.2 Å². The SMILES string of the molecule is CCN(CC)C(=O)C(C)N(CCN)C1CCC1. The number of rotatable bonds is 7. The van der Waals surface area contributed by atoms with Gasteiger partial charge in [-0.1, -0.05) is 6.42 Å². The Morgan fingerprint density at radius 3 is 2.29 bits per heavy atom. The van der Waals surface area contributed by atoms with Crippen LogP contribution >= 0.6 is 0 Å². The lowest BCUT2D eigenvalue weighted by atomic mass is 9.90. The maximum atomic E-state index is 12.3. The molecule has 1 rings (SSSR count). The average molecular weight is 241 g/mol. The Bertz CT molecular complexity index is 237. The fourth-order valence-electron chi connectivity index (χ4n) is 2.50. The van der Waals surface area contributed by atoms with Crippen molar-refractivity contribution < 1.29 is 4.79 Å². The van der Waals surface area contributed by atoms with Gasteiger partial charge in [0.1, 0.15) is 0 Å². The minimum absolute atomic E-state index is 0.0243. The lowest BCUT2D eigenvalue weighted by Crippen LogP contribution is -2.54. The molecule has 1 amide bonds. The van der Waals surface area contributed by atoms with Crippen LogP contribution in [0.25, 0.3) is 0 Å². The molecule has 1 aliphatic rings. The van der Waals surface area contributed by atoms with Gasteiger partial charge in [-0.3, -0.25) is 9.69 Å². The van der Waals surface area contributed by atoms with E-state index in [1.165, 1.54) is 19.3 Å². The first-order chi connectivity index (χ1) is 8.15. The summed E-state index contributed by atoms with van der Waals surface area (Å²) in [4.78, 5) is 16.5. The molecule has 1 unspecified atom stereocenters. The Kier molecular flexibility index (Phi) is 5.92. The van der Waals surface area contributed by atoms with Gasteiger partial charge in [0.05, 0.1) is 6.04 Å². The predicted octanol–water partition coefficient (Wildman–Crippen LogP) is 1.06. The highest BCUT2D eigenvalue weighted by molar-refractivity contribution is 5.81. The normalized spacial score (nSPS) is 17.9. The molecule has 0 saturated heterocycles. The van der Waals surface area contributed by atoms with Gasteiger partial charge in [-0.2, -0.15) is 0 Å². The van der Waals surface area contributed by atoms with Gasteiger partial charge in [-0.15, -0.1) is 0 Å². The quantitative estimate of drug-likeness (QED) is 0.725. The topological polar surface area (TPSA) is 49.6 Å². The van der Waals surface area contributed by atoms with E-state index in [9.17, 15) is 4.79 Å². The number of hydrogen-bond acceptors (Lipinski definition) is 3. The molecule has 1 saturated carbocycles. The first kappa shape index (κ1) is 14.5. The lowest BCUT2D eigenvalue weighted by molar-refractivity contribution is -0.137. The zero-order chi connectivity index (χ0) is 12.8. The van der Waals surface area contributed by atoms with Crippen molar-refractivity contribution >= 4 is 5.91 Å². The molecule has 0 aliphatic heterocycles. The van der Waals surface area contributed by atoms with Crippen LogP contribution in [0.1, 0.15) is 40.0 Å². The van der Waals surface area contributed by atoms with Gasteiger partial charge in [0.2, 0.25) is 5.91 Å². The second-order valence-electron chi connectivity index (χ2n) is 4.80. The third kappa shape index (κ3) is 3.42. The molecule has 0 aromatic carbocycles. The second-order valence-corrected chi connectivity index (χ2v) is 4.80. The first-order valence-electron chi connectivity index (χ1n) is 6.90. The molecule has 4 heteroatoms. The van der Waals surface area contributed by atoms with Gasteiger partial charge in [0.25, 0.3) is 0 Å². The van der Waals surface area contributed by atoms with Crippen molar-refractivity contribution in [3.05, 3.63) is 0 Å². The van der Waals surface area contributed by atoms with Crippen LogP contribution in [0.2, 0.25) is 0 Å². The Morgan fingerprint density at radius 1 is 1.35 bits per heavy atom. The van der Waals surface area contributed by atoms with E-state index < -0.39 is 0 Å². The van der Waals surface area contributed by atoms with Crippen molar-refractivity contribution in [1.29, 1.82) is 0 Å². The van der Waals surface area contributed by atoms with Crippen molar-refractivity contribution in [2.24, 2.45) is 5.73 Å². The summed E-state index contributed by atoms with van der Waals surface area (Å²) in [5.74, 6) is 0.246. The third-order valence-corrected chi connectivity index (χ3v) is 3.86. The molecule has 0 spiro atoms. The van der Waals surface area contributed by atoms with E-state index in [1.807, 2.05) is 25.7 Å². The number of amides is 1.